The van der Waals surface area contributed by atoms with E-state index < -0.39 is 0 Å². The van der Waals surface area contributed by atoms with Crippen molar-refractivity contribution in [3.05, 3.63) is 29.8 Å². The summed E-state index contributed by atoms with van der Waals surface area (Å²) in [6, 6.07) is 6.75. The number of amides is 1. The third kappa shape index (κ3) is 5.15. The zero-order valence-corrected chi connectivity index (χ0v) is 11.3. The Morgan fingerprint density at radius 2 is 2.20 bits per heavy atom. The van der Waals surface area contributed by atoms with E-state index in [4.69, 9.17) is 20.4 Å². The van der Waals surface area contributed by atoms with Crippen molar-refractivity contribution in [3.63, 3.8) is 0 Å². The van der Waals surface area contributed by atoms with Crippen molar-refractivity contribution in [2.24, 2.45) is 10.9 Å². The predicted octanol–water partition coefficient (Wildman–Crippen LogP) is 0.313. The number of hydrogen-bond donors (Lipinski definition) is 3. The van der Waals surface area contributed by atoms with Crippen LogP contribution in [0.5, 0.6) is 5.75 Å². The summed E-state index contributed by atoms with van der Waals surface area (Å²) in [7, 11) is 1.61. The lowest BCUT2D eigenvalue weighted by atomic mass is 10.2. The molecule has 0 aliphatic heterocycles. The Bertz CT molecular complexity index is 463. The number of ether oxygens (including phenoxy) is 2. The highest BCUT2D eigenvalue weighted by molar-refractivity contribution is 5.99. The van der Waals surface area contributed by atoms with E-state index in [9.17, 15) is 4.79 Å². The van der Waals surface area contributed by atoms with Gasteiger partial charge in [-0.05, 0) is 18.6 Å². The number of nitrogens with two attached hydrogens (primary N) is 1. The van der Waals surface area contributed by atoms with Crippen LogP contribution < -0.4 is 15.8 Å². The second-order valence-electron chi connectivity index (χ2n) is 3.97. The highest BCUT2D eigenvalue weighted by Gasteiger charge is 2.09. The van der Waals surface area contributed by atoms with Crippen LogP contribution >= 0.6 is 0 Å². The van der Waals surface area contributed by atoms with Crippen LogP contribution in [0.3, 0.4) is 0 Å². The van der Waals surface area contributed by atoms with Crippen molar-refractivity contribution in [1.82, 2.24) is 5.32 Å². The van der Waals surface area contributed by atoms with Crippen LogP contribution in [0.15, 0.2) is 29.4 Å². The van der Waals surface area contributed by atoms with Gasteiger partial charge in [-0.25, -0.2) is 0 Å². The maximum absolute atomic E-state index is 11.5. The molecule has 20 heavy (non-hydrogen) atoms. The summed E-state index contributed by atoms with van der Waals surface area (Å²) >= 11 is 0. The van der Waals surface area contributed by atoms with Crippen molar-refractivity contribution >= 4 is 11.7 Å². The molecule has 0 fully saturated rings. The summed E-state index contributed by atoms with van der Waals surface area (Å²) in [6.45, 7) is 0.980. The van der Waals surface area contributed by atoms with Gasteiger partial charge in [-0.15, -0.1) is 0 Å². The molecule has 7 heteroatoms. The fraction of sp³-hybridized carbons (Fsp3) is 0.385. The van der Waals surface area contributed by atoms with Crippen LogP contribution in [-0.2, 0) is 9.53 Å². The summed E-state index contributed by atoms with van der Waals surface area (Å²) in [5.74, 6) is 0.0753. The lowest BCUT2D eigenvalue weighted by molar-refractivity contribution is -0.123. The van der Waals surface area contributed by atoms with E-state index in [2.05, 4.69) is 10.5 Å². The number of oxime groups is 1. The standard InChI is InChI=1S/C13H19N3O4/c1-19-8-4-7-15-12(17)9-20-11-6-3-2-5-10(11)13(14)16-18/h2-3,5-6,18H,4,7-9H2,1H3,(H2,14,16)(H,15,17). The van der Waals surface area contributed by atoms with Gasteiger partial charge < -0.3 is 25.7 Å². The van der Waals surface area contributed by atoms with E-state index >= 15 is 0 Å². The Hall–Kier alpha value is -2.28. The molecule has 0 aromatic heterocycles. The number of carbonyl (C=O) groups excluding carboxylic acids is 1. The van der Waals surface area contributed by atoms with E-state index in [1.807, 2.05) is 0 Å². The first-order valence-electron chi connectivity index (χ1n) is 6.14. The van der Waals surface area contributed by atoms with Crippen molar-refractivity contribution in [2.45, 2.75) is 6.42 Å². The molecule has 0 aliphatic carbocycles. The average Bonchev–Trinajstić information content (AvgIpc) is 2.49. The fourth-order valence-corrected chi connectivity index (χ4v) is 1.50. The largest absolute Gasteiger partial charge is 0.483 e. The summed E-state index contributed by atoms with van der Waals surface area (Å²) in [5.41, 5.74) is 5.95. The van der Waals surface area contributed by atoms with Gasteiger partial charge in [0.15, 0.2) is 12.4 Å². The van der Waals surface area contributed by atoms with Crippen LogP contribution in [0.2, 0.25) is 0 Å². The van der Waals surface area contributed by atoms with Gasteiger partial charge in [-0.2, -0.15) is 0 Å². The van der Waals surface area contributed by atoms with Gasteiger partial charge in [-0.3, -0.25) is 4.79 Å². The topological polar surface area (TPSA) is 106 Å². The molecule has 0 atom stereocenters. The SMILES string of the molecule is COCCCNC(=O)COc1ccccc1/C(N)=N/O. The van der Waals surface area contributed by atoms with E-state index in [0.29, 0.717) is 24.5 Å². The second kappa shape index (κ2) is 8.76. The lowest BCUT2D eigenvalue weighted by Crippen LogP contribution is -2.30. The number of amidine groups is 1. The number of rotatable bonds is 8. The molecule has 0 aliphatic rings. The summed E-state index contributed by atoms with van der Waals surface area (Å²) < 4.78 is 10.2. The zero-order chi connectivity index (χ0) is 14.8. The minimum Gasteiger partial charge on any atom is -0.483 e. The number of carbonyl (C=O) groups is 1. The zero-order valence-electron chi connectivity index (χ0n) is 11.3. The molecule has 7 nitrogen and oxygen atoms in total. The number of nitrogens with one attached hydrogen (secondary N) is 1. The normalized spacial score (nSPS) is 11.2. The third-order valence-corrected chi connectivity index (χ3v) is 2.48. The molecule has 1 aromatic rings. The Kier molecular flexibility index (Phi) is 6.91. The Morgan fingerprint density at radius 3 is 2.90 bits per heavy atom. The second-order valence-corrected chi connectivity index (χ2v) is 3.97. The Balaban J connectivity index is 2.47. The predicted molar refractivity (Wildman–Crippen MR) is 74.0 cm³/mol. The summed E-state index contributed by atoms with van der Waals surface area (Å²) in [5, 5.41) is 14.3. The van der Waals surface area contributed by atoms with E-state index in [1.165, 1.54) is 0 Å². The molecule has 110 valence electrons. The van der Waals surface area contributed by atoms with Crippen LogP contribution in [0, 0.1) is 0 Å². The number of methoxy groups -OCH3 is 1. The first kappa shape index (κ1) is 15.8. The summed E-state index contributed by atoms with van der Waals surface area (Å²) in [6.07, 6.45) is 0.739. The number of hydrogen-bond acceptors (Lipinski definition) is 5. The minimum absolute atomic E-state index is 0.0684. The summed E-state index contributed by atoms with van der Waals surface area (Å²) in [4.78, 5) is 11.5. The molecule has 0 bridgehead atoms. The van der Waals surface area contributed by atoms with Gasteiger partial charge in [0.25, 0.3) is 5.91 Å². The van der Waals surface area contributed by atoms with E-state index in [-0.39, 0.29) is 18.3 Å². The first-order chi connectivity index (χ1) is 9.69. The molecule has 0 unspecified atom stereocenters. The molecule has 0 saturated carbocycles. The quantitative estimate of drug-likeness (QED) is 0.209. The van der Waals surface area contributed by atoms with Gasteiger partial charge in [0.1, 0.15) is 5.75 Å². The van der Waals surface area contributed by atoms with Crippen molar-refractivity contribution in [2.75, 3.05) is 26.9 Å². The van der Waals surface area contributed by atoms with Gasteiger partial charge >= 0.3 is 0 Å². The fourth-order valence-electron chi connectivity index (χ4n) is 1.50. The van der Waals surface area contributed by atoms with Crippen LogP contribution in [0.4, 0.5) is 0 Å². The first-order valence-corrected chi connectivity index (χ1v) is 6.14. The molecule has 0 spiro atoms. The molecular formula is C13H19N3O4. The molecule has 0 heterocycles. The highest BCUT2D eigenvalue weighted by atomic mass is 16.5. The average molecular weight is 281 g/mol. The number of benzene rings is 1. The van der Waals surface area contributed by atoms with Crippen LogP contribution in [0.1, 0.15) is 12.0 Å². The smallest absolute Gasteiger partial charge is 0.257 e. The van der Waals surface area contributed by atoms with Crippen molar-refractivity contribution < 1.29 is 19.5 Å². The van der Waals surface area contributed by atoms with Crippen molar-refractivity contribution in [1.29, 1.82) is 0 Å². The molecule has 1 rings (SSSR count). The maximum Gasteiger partial charge on any atom is 0.257 e. The lowest BCUT2D eigenvalue weighted by Gasteiger charge is -2.10. The molecular weight excluding hydrogens is 262 g/mol. The number of nitrogens with zero attached hydrogens (tertiary/aromatic N) is 1. The van der Waals surface area contributed by atoms with Crippen LogP contribution in [-0.4, -0.2) is 43.8 Å². The van der Waals surface area contributed by atoms with Crippen LogP contribution in [0.25, 0.3) is 0 Å². The highest BCUT2D eigenvalue weighted by Crippen LogP contribution is 2.17. The van der Waals surface area contributed by atoms with Gasteiger partial charge in [0, 0.05) is 20.3 Å². The molecule has 1 aromatic carbocycles. The minimum atomic E-state index is -0.240. The maximum atomic E-state index is 11.5. The van der Waals surface area contributed by atoms with Crippen molar-refractivity contribution in [3.8, 4) is 5.75 Å². The van der Waals surface area contributed by atoms with Gasteiger partial charge in [0.2, 0.25) is 0 Å². The van der Waals surface area contributed by atoms with Gasteiger partial charge in [-0.1, -0.05) is 17.3 Å². The molecule has 4 N–H and O–H groups in total. The van der Waals surface area contributed by atoms with Gasteiger partial charge in [0.05, 0.1) is 5.56 Å². The third-order valence-electron chi connectivity index (χ3n) is 2.48. The molecule has 0 saturated heterocycles. The monoisotopic (exact) mass is 281 g/mol. The Morgan fingerprint density at radius 1 is 1.45 bits per heavy atom. The molecule has 1 amide bonds. The van der Waals surface area contributed by atoms with E-state index in [1.54, 1.807) is 31.4 Å². The molecule has 0 radical (unpaired) electrons. The number of para-hydroxylation sites is 1. The Labute approximate surface area is 117 Å². The van der Waals surface area contributed by atoms with E-state index in [0.717, 1.165) is 6.42 Å².